The molecular weight excluding hydrogens is 230 g/mol. The van der Waals surface area contributed by atoms with E-state index >= 15 is 0 Å². The maximum absolute atomic E-state index is 11.6. The van der Waals surface area contributed by atoms with Crippen LogP contribution in [0.4, 0.5) is 0 Å². The first-order valence-electron chi connectivity index (χ1n) is 4.28. The average molecular weight is 243 g/mol. The lowest BCUT2D eigenvalue weighted by Crippen LogP contribution is -2.64. The van der Waals surface area contributed by atoms with Gasteiger partial charge in [-0.1, -0.05) is 35.0 Å². The van der Waals surface area contributed by atoms with Crippen molar-refractivity contribution in [3.63, 3.8) is 0 Å². The van der Waals surface area contributed by atoms with Crippen molar-refractivity contribution in [2.45, 2.75) is 19.4 Å². The minimum absolute atomic E-state index is 0.120. The summed E-state index contributed by atoms with van der Waals surface area (Å²) in [5.41, 5.74) is 4.53. The number of hydrogen-bond acceptors (Lipinski definition) is 1. The van der Waals surface area contributed by atoms with Crippen LogP contribution in [0.15, 0.2) is 28.7 Å². The Balaban J connectivity index is 2.83. The van der Waals surface area contributed by atoms with Gasteiger partial charge < -0.3 is 5.73 Å². The van der Waals surface area contributed by atoms with E-state index in [1.165, 1.54) is 0 Å². The van der Waals surface area contributed by atoms with Gasteiger partial charge in [-0.05, 0) is 12.1 Å². The molecule has 2 nitrogen and oxygen atoms in total. The molecule has 0 unspecified atom stereocenters. The topological polar surface area (TPSA) is 44.7 Å². The molecule has 0 aliphatic carbocycles. The van der Waals surface area contributed by atoms with Gasteiger partial charge >= 0.3 is 0 Å². The summed E-state index contributed by atoms with van der Waals surface area (Å²) < 4.78 is 0.987. The van der Waals surface area contributed by atoms with Crippen LogP contribution in [-0.2, 0) is 0 Å². The zero-order valence-corrected chi connectivity index (χ0v) is 9.17. The van der Waals surface area contributed by atoms with E-state index in [0.717, 1.165) is 16.5 Å². The molecule has 70 valence electrons. The number of quaternary nitrogens is 1. The first-order valence-corrected chi connectivity index (χ1v) is 5.07. The standard InChI is InChI=1S/C10H12BrNO/c1-2-9(12)10(13)7-3-5-8(11)6-4-7/h3-6,9H,2,12H2,1H3/p+1/t9-/m1/s1. The molecule has 0 amide bonds. The summed E-state index contributed by atoms with van der Waals surface area (Å²) >= 11 is 3.32. The van der Waals surface area contributed by atoms with Gasteiger partial charge in [0, 0.05) is 16.5 Å². The van der Waals surface area contributed by atoms with Gasteiger partial charge in [-0.25, -0.2) is 0 Å². The molecular formula is C10H13BrNO+. The van der Waals surface area contributed by atoms with Crippen molar-refractivity contribution < 1.29 is 10.5 Å². The highest BCUT2D eigenvalue weighted by Crippen LogP contribution is 2.11. The van der Waals surface area contributed by atoms with Crippen molar-refractivity contribution in [3.8, 4) is 0 Å². The Labute approximate surface area is 86.3 Å². The second-order valence-electron chi connectivity index (χ2n) is 2.98. The molecule has 0 bridgehead atoms. The quantitative estimate of drug-likeness (QED) is 0.806. The number of Topliss-reactive ketones (excluding diaryl/α,β-unsaturated/α-hetero) is 1. The molecule has 0 aliphatic heterocycles. The summed E-state index contributed by atoms with van der Waals surface area (Å²) in [4.78, 5) is 11.6. The van der Waals surface area contributed by atoms with E-state index in [4.69, 9.17) is 0 Å². The van der Waals surface area contributed by atoms with Gasteiger partial charge in [0.05, 0.1) is 0 Å². The van der Waals surface area contributed by atoms with Gasteiger partial charge in [0.25, 0.3) is 0 Å². The van der Waals surface area contributed by atoms with Crippen LogP contribution in [0.5, 0.6) is 0 Å². The lowest BCUT2D eigenvalue weighted by molar-refractivity contribution is -0.399. The fraction of sp³-hybridized carbons (Fsp3) is 0.300. The Kier molecular flexibility index (Phi) is 3.63. The molecule has 0 fully saturated rings. The zero-order valence-electron chi connectivity index (χ0n) is 7.59. The summed E-state index contributed by atoms with van der Waals surface area (Å²) in [7, 11) is 0. The molecule has 1 atom stereocenters. The van der Waals surface area contributed by atoms with Crippen LogP contribution in [0, 0.1) is 0 Å². The molecule has 0 saturated carbocycles. The predicted octanol–water partition coefficient (Wildman–Crippen LogP) is 1.65. The van der Waals surface area contributed by atoms with Crippen molar-refractivity contribution in [2.24, 2.45) is 0 Å². The van der Waals surface area contributed by atoms with Crippen molar-refractivity contribution in [3.05, 3.63) is 34.3 Å². The minimum Gasteiger partial charge on any atom is -0.349 e. The van der Waals surface area contributed by atoms with Crippen molar-refractivity contribution in [1.82, 2.24) is 0 Å². The number of hydrogen-bond donors (Lipinski definition) is 1. The number of carbonyl (C=O) groups is 1. The molecule has 0 radical (unpaired) electrons. The summed E-state index contributed by atoms with van der Waals surface area (Å²) in [6.45, 7) is 1.97. The van der Waals surface area contributed by atoms with Gasteiger partial charge in [-0.15, -0.1) is 0 Å². The molecule has 0 saturated heterocycles. The van der Waals surface area contributed by atoms with Crippen LogP contribution in [0.1, 0.15) is 23.7 Å². The molecule has 13 heavy (non-hydrogen) atoms. The van der Waals surface area contributed by atoms with E-state index in [9.17, 15) is 4.79 Å². The summed E-state index contributed by atoms with van der Waals surface area (Å²) in [6.07, 6.45) is 0.787. The number of benzene rings is 1. The van der Waals surface area contributed by atoms with Gasteiger partial charge in [0.1, 0.15) is 6.04 Å². The third-order valence-corrected chi connectivity index (χ3v) is 2.52. The van der Waals surface area contributed by atoms with E-state index in [0.29, 0.717) is 0 Å². The monoisotopic (exact) mass is 242 g/mol. The Morgan fingerprint density at radius 1 is 1.46 bits per heavy atom. The summed E-state index contributed by atoms with van der Waals surface area (Å²) in [6, 6.07) is 7.26. The van der Waals surface area contributed by atoms with E-state index in [-0.39, 0.29) is 11.8 Å². The molecule has 1 aromatic rings. The maximum Gasteiger partial charge on any atom is 0.219 e. The molecule has 1 rings (SSSR count). The molecule has 3 N–H and O–H groups in total. The summed E-state index contributed by atoms with van der Waals surface area (Å²) in [5.74, 6) is 0.120. The molecule has 0 aliphatic rings. The highest BCUT2D eigenvalue weighted by molar-refractivity contribution is 9.10. The number of rotatable bonds is 3. The average Bonchev–Trinajstić information content (AvgIpc) is 2.17. The predicted molar refractivity (Wildman–Crippen MR) is 55.4 cm³/mol. The lowest BCUT2D eigenvalue weighted by Gasteiger charge is -2.03. The smallest absolute Gasteiger partial charge is 0.219 e. The van der Waals surface area contributed by atoms with E-state index < -0.39 is 0 Å². The SMILES string of the molecule is CC[C@@H]([NH3+])C(=O)c1ccc(Br)cc1. The van der Waals surface area contributed by atoms with Crippen LogP contribution < -0.4 is 5.73 Å². The maximum atomic E-state index is 11.6. The van der Waals surface area contributed by atoms with Gasteiger partial charge in [-0.2, -0.15) is 0 Å². The number of ketones is 1. The zero-order chi connectivity index (χ0) is 9.84. The number of carbonyl (C=O) groups excluding carboxylic acids is 1. The van der Waals surface area contributed by atoms with E-state index in [2.05, 4.69) is 21.7 Å². The van der Waals surface area contributed by atoms with Crippen LogP contribution in [0.3, 0.4) is 0 Å². The molecule has 0 spiro atoms. The van der Waals surface area contributed by atoms with Crippen LogP contribution in [0.2, 0.25) is 0 Å². The first kappa shape index (κ1) is 10.4. The third kappa shape index (κ3) is 2.64. The van der Waals surface area contributed by atoms with E-state index in [1.54, 1.807) is 0 Å². The van der Waals surface area contributed by atoms with Gasteiger partial charge in [-0.3, -0.25) is 4.79 Å². The number of halogens is 1. The second kappa shape index (κ2) is 4.53. The fourth-order valence-corrected chi connectivity index (χ4v) is 1.30. The third-order valence-electron chi connectivity index (χ3n) is 1.99. The Morgan fingerprint density at radius 2 is 2.00 bits per heavy atom. The largest absolute Gasteiger partial charge is 0.349 e. The lowest BCUT2D eigenvalue weighted by atomic mass is 10.0. The molecule has 0 aromatic heterocycles. The van der Waals surface area contributed by atoms with E-state index in [1.807, 2.05) is 31.2 Å². The normalized spacial score (nSPS) is 12.5. The Bertz CT molecular complexity index is 294. The van der Waals surface area contributed by atoms with Crippen molar-refractivity contribution >= 4 is 21.7 Å². The first-order chi connectivity index (χ1) is 6.15. The summed E-state index contributed by atoms with van der Waals surface area (Å²) in [5, 5.41) is 0. The Morgan fingerprint density at radius 3 is 2.46 bits per heavy atom. The van der Waals surface area contributed by atoms with Crippen molar-refractivity contribution in [2.75, 3.05) is 0 Å². The minimum atomic E-state index is -0.124. The van der Waals surface area contributed by atoms with Gasteiger partial charge in [0.15, 0.2) is 0 Å². The van der Waals surface area contributed by atoms with Gasteiger partial charge in [0.2, 0.25) is 5.78 Å². The van der Waals surface area contributed by atoms with Crippen LogP contribution in [0.25, 0.3) is 0 Å². The second-order valence-corrected chi connectivity index (χ2v) is 3.89. The molecule has 0 heterocycles. The van der Waals surface area contributed by atoms with Crippen LogP contribution >= 0.6 is 15.9 Å². The highest BCUT2D eigenvalue weighted by atomic mass is 79.9. The highest BCUT2D eigenvalue weighted by Gasteiger charge is 2.16. The van der Waals surface area contributed by atoms with Crippen molar-refractivity contribution in [1.29, 1.82) is 0 Å². The molecule has 1 aromatic carbocycles. The Hall–Kier alpha value is -0.670. The fourth-order valence-electron chi connectivity index (χ4n) is 1.04. The van der Waals surface area contributed by atoms with Crippen LogP contribution in [-0.4, -0.2) is 11.8 Å². The molecule has 3 heteroatoms.